The first kappa shape index (κ1) is 20.3. The summed E-state index contributed by atoms with van der Waals surface area (Å²) in [7, 11) is 0. The zero-order valence-corrected chi connectivity index (χ0v) is 16.9. The molecule has 0 saturated carbocycles. The molecule has 2 rings (SSSR count). The second-order valence-electron chi connectivity index (χ2n) is 6.24. The van der Waals surface area contributed by atoms with E-state index in [0.29, 0.717) is 17.4 Å². The summed E-state index contributed by atoms with van der Waals surface area (Å²) in [6, 6.07) is 9.81. The molecule has 0 bridgehead atoms. The van der Waals surface area contributed by atoms with Crippen molar-refractivity contribution in [1.29, 1.82) is 0 Å². The van der Waals surface area contributed by atoms with Gasteiger partial charge in [0.15, 0.2) is 0 Å². The molecule has 0 saturated heterocycles. The van der Waals surface area contributed by atoms with E-state index >= 15 is 0 Å². The van der Waals surface area contributed by atoms with Gasteiger partial charge in [-0.25, -0.2) is 0 Å². The number of aryl methyl sites for hydroxylation is 4. The molecule has 0 atom stereocenters. The minimum absolute atomic E-state index is 0.295. The van der Waals surface area contributed by atoms with Crippen LogP contribution in [0.4, 0.5) is 10.5 Å². The molecule has 0 aliphatic carbocycles. The summed E-state index contributed by atoms with van der Waals surface area (Å²) in [5.74, 6) is 0.831. The average molecular weight is 374 g/mol. The van der Waals surface area contributed by atoms with Crippen LogP contribution in [0.15, 0.2) is 30.3 Å². The molecule has 0 fully saturated rings. The zero-order valence-electron chi connectivity index (χ0n) is 16.1. The van der Waals surface area contributed by atoms with Gasteiger partial charge in [-0.2, -0.15) is 5.06 Å². The Kier molecular flexibility index (Phi) is 7.12. The highest BCUT2D eigenvalue weighted by Crippen LogP contribution is 2.29. The van der Waals surface area contributed by atoms with Crippen molar-refractivity contribution in [3.8, 4) is 5.75 Å². The van der Waals surface area contributed by atoms with E-state index in [4.69, 9.17) is 4.74 Å². The predicted molar refractivity (Wildman–Crippen MR) is 109 cm³/mol. The van der Waals surface area contributed by atoms with Gasteiger partial charge < -0.3 is 4.74 Å². The van der Waals surface area contributed by atoms with Crippen molar-refractivity contribution < 1.29 is 14.7 Å². The number of hydrogen-bond acceptors (Lipinski definition) is 4. The topological polar surface area (TPSA) is 49.8 Å². The van der Waals surface area contributed by atoms with E-state index in [1.54, 1.807) is 12.3 Å². The molecular weight excluding hydrogens is 346 g/mol. The number of carbonyl (C=O) groups is 1. The normalized spacial score (nSPS) is 10.7. The highest BCUT2D eigenvalue weighted by Gasteiger charge is 2.18. The van der Waals surface area contributed by atoms with Crippen LogP contribution in [0.1, 0.15) is 41.7 Å². The van der Waals surface area contributed by atoms with E-state index < -0.39 is 5.24 Å². The first-order valence-corrected chi connectivity index (χ1v) is 10.1. The fraction of sp³-hybridized carbons (Fsp3) is 0.381. The van der Waals surface area contributed by atoms with Crippen LogP contribution in [0, 0.1) is 13.8 Å². The van der Waals surface area contributed by atoms with Gasteiger partial charge in [-0.15, -0.1) is 0 Å². The number of ether oxygens (including phenoxy) is 1. The van der Waals surface area contributed by atoms with Crippen LogP contribution in [-0.2, 0) is 19.4 Å². The summed E-state index contributed by atoms with van der Waals surface area (Å²) < 4.78 is 6.09. The fourth-order valence-corrected chi connectivity index (χ4v) is 3.31. The van der Waals surface area contributed by atoms with Gasteiger partial charge in [-0.3, -0.25) is 10.0 Å². The highest BCUT2D eigenvalue weighted by atomic mass is 32.2. The molecular formula is C21H27NO3S. The Morgan fingerprint density at radius 3 is 2.42 bits per heavy atom. The highest BCUT2D eigenvalue weighted by molar-refractivity contribution is 8.13. The monoisotopic (exact) mass is 373 g/mol. The van der Waals surface area contributed by atoms with Gasteiger partial charge in [-0.05, 0) is 67.3 Å². The lowest BCUT2D eigenvalue weighted by atomic mass is 10.0. The molecule has 5 heteroatoms. The zero-order chi connectivity index (χ0) is 19.3. The number of benzene rings is 2. The van der Waals surface area contributed by atoms with Gasteiger partial charge in [0, 0.05) is 5.56 Å². The Labute approximate surface area is 160 Å². The molecule has 140 valence electrons. The van der Waals surface area contributed by atoms with E-state index in [9.17, 15) is 10.0 Å². The standard InChI is InChI=1S/C21H27NO3S/c1-6-16-9-8-10-19(22(24)21(23)26-5)18(16)13-25-20-12-14(3)17(7-2)11-15(20)4/h8-12,24H,6-7,13H2,1-5H3. The maximum Gasteiger partial charge on any atom is 0.309 e. The number of hydrogen-bond donors (Lipinski definition) is 1. The lowest BCUT2D eigenvalue weighted by Gasteiger charge is -2.21. The molecule has 26 heavy (non-hydrogen) atoms. The Bertz CT molecular complexity index is 789. The summed E-state index contributed by atoms with van der Waals surface area (Å²) in [6.07, 6.45) is 3.43. The molecule has 0 aliphatic rings. The maximum absolute atomic E-state index is 11.9. The molecule has 0 radical (unpaired) electrons. The van der Waals surface area contributed by atoms with Crippen molar-refractivity contribution in [2.45, 2.75) is 47.1 Å². The number of hydroxylamine groups is 1. The minimum Gasteiger partial charge on any atom is -0.489 e. The van der Waals surface area contributed by atoms with Crippen LogP contribution < -0.4 is 9.80 Å². The molecule has 2 aromatic carbocycles. The fourth-order valence-electron chi connectivity index (χ4n) is 3.04. The molecule has 1 amide bonds. The van der Waals surface area contributed by atoms with Crippen molar-refractivity contribution in [1.82, 2.24) is 0 Å². The van der Waals surface area contributed by atoms with Gasteiger partial charge in [-0.1, -0.05) is 43.8 Å². The lowest BCUT2D eigenvalue weighted by molar-refractivity contribution is 0.223. The third kappa shape index (κ3) is 4.40. The van der Waals surface area contributed by atoms with Gasteiger partial charge >= 0.3 is 5.24 Å². The van der Waals surface area contributed by atoms with E-state index in [-0.39, 0.29) is 0 Å². The van der Waals surface area contributed by atoms with Gasteiger partial charge in [0.2, 0.25) is 0 Å². The SMILES string of the molecule is CCc1cc(C)c(OCc2c(CC)cccc2N(O)C(=O)SC)cc1C. The molecule has 0 aliphatic heterocycles. The number of anilines is 1. The smallest absolute Gasteiger partial charge is 0.309 e. The summed E-state index contributed by atoms with van der Waals surface area (Å²) >= 11 is 0.969. The number of nitrogens with zero attached hydrogens (tertiary/aromatic N) is 1. The number of amides is 1. The Hall–Kier alpha value is -1.98. The predicted octanol–water partition coefficient (Wildman–Crippen LogP) is 5.69. The Morgan fingerprint density at radius 2 is 1.81 bits per heavy atom. The average Bonchev–Trinajstić information content (AvgIpc) is 2.66. The molecule has 0 spiro atoms. The molecule has 2 aromatic rings. The van der Waals surface area contributed by atoms with Crippen LogP contribution in [0.25, 0.3) is 0 Å². The molecule has 1 N–H and O–H groups in total. The number of carbonyl (C=O) groups excluding carboxylic acids is 1. The van der Waals surface area contributed by atoms with Crippen LogP contribution in [0.5, 0.6) is 5.75 Å². The van der Waals surface area contributed by atoms with Crippen LogP contribution >= 0.6 is 11.8 Å². The van der Waals surface area contributed by atoms with Crippen molar-refractivity contribution in [3.63, 3.8) is 0 Å². The molecule has 0 unspecified atom stereocenters. The Morgan fingerprint density at radius 1 is 1.12 bits per heavy atom. The summed E-state index contributed by atoms with van der Waals surface area (Å²) in [5, 5.41) is 10.6. The summed E-state index contributed by atoms with van der Waals surface area (Å²) in [6.45, 7) is 8.61. The number of thioether (sulfide) groups is 1. The minimum atomic E-state index is -0.418. The lowest BCUT2D eigenvalue weighted by Crippen LogP contribution is -2.24. The van der Waals surface area contributed by atoms with E-state index in [2.05, 4.69) is 26.0 Å². The number of rotatable bonds is 6. The van der Waals surface area contributed by atoms with Crippen LogP contribution in [0.3, 0.4) is 0 Å². The van der Waals surface area contributed by atoms with Crippen LogP contribution in [-0.4, -0.2) is 16.7 Å². The third-order valence-corrected chi connectivity index (χ3v) is 5.11. The largest absolute Gasteiger partial charge is 0.489 e. The van der Waals surface area contributed by atoms with Gasteiger partial charge in [0.05, 0.1) is 5.69 Å². The van der Waals surface area contributed by atoms with Crippen molar-refractivity contribution in [2.24, 2.45) is 0 Å². The third-order valence-electron chi connectivity index (χ3n) is 4.59. The van der Waals surface area contributed by atoms with E-state index in [0.717, 1.165) is 47.0 Å². The van der Waals surface area contributed by atoms with Crippen molar-refractivity contribution in [2.75, 3.05) is 11.3 Å². The van der Waals surface area contributed by atoms with E-state index in [1.165, 1.54) is 11.1 Å². The van der Waals surface area contributed by atoms with Crippen LogP contribution in [0.2, 0.25) is 0 Å². The summed E-state index contributed by atoms with van der Waals surface area (Å²) in [4.78, 5) is 11.9. The molecule has 4 nitrogen and oxygen atoms in total. The quantitative estimate of drug-likeness (QED) is 0.522. The van der Waals surface area contributed by atoms with E-state index in [1.807, 2.05) is 26.0 Å². The second kappa shape index (κ2) is 9.10. The first-order valence-electron chi connectivity index (χ1n) is 8.83. The summed E-state index contributed by atoms with van der Waals surface area (Å²) in [5.41, 5.74) is 5.97. The molecule has 0 heterocycles. The first-order chi connectivity index (χ1) is 12.4. The van der Waals surface area contributed by atoms with Crippen molar-refractivity contribution in [3.05, 3.63) is 58.1 Å². The molecule has 0 aromatic heterocycles. The maximum atomic E-state index is 11.9. The second-order valence-corrected chi connectivity index (χ2v) is 6.99. The van der Waals surface area contributed by atoms with Crippen molar-refractivity contribution >= 4 is 22.7 Å². The van der Waals surface area contributed by atoms with Gasteiger partial charge in [0.25, 0.3) is 0 Å². The Balaban J connectivity index is 2.34. The van der Waals surface area contributed by atoms with Gasteiger partial charge in [0.1, 0.15) is 12.4 Å².